The van der Waals surface area contributed by atoms with Gasteiger partial charge in [-0.3, -0.25) is 4.79 Å². The third-order valence-electron chi connectivity index (χ3n) is 4.45. The average molecular weight is 366 g/mol. The fourth-order valence-corrected chi connectivity index (χ4v) is 4.60. The van der Waals surface area contributed by atoms with Gasteiger partial charge >= 0.3 is 5.97 Å². The first kappa shape index (κ1) is 17.1. The number of hydrogen-bond donors (Lipinski definition) is 2. The average Bonchev–Trinajstić information content (AvgIpc) is 3.07. The summed E-state index contributed by atoms with van der Waals surface area (Å²) < 4.78 is 0. The number of carboxylic acid groups (broad SMARTS) is 1. The number of thiocarbonyl (C=S) groups is 1. The molecule has 3 heterocycles. The van der Waals surface area contributed by atoms with Crippen molar-refractivity contribution in [3.05, 3.63) is 27.6 Å². The molecule has 0 aromatic carbocycles. The first-order valence-electron chi connectivity index (χ1n) is 7.53. The molecule has 6 nitrogen and oxygen atoms in total. The van der Waals surface area contributed by atoms with Crippen molar-refractivity contribution in [2.45, 2.75) is 25.5 Å². The van der Waals surface area contributed by atoms with Crippen molar-refractivity contribution >= 4 is 46.0 Å². The number of aliphatic hydroxyl groups excluding tert-OH is 1. The molecule has 3 atom stereocenters. The molecular weight excluding hydrogens is 348 g/mol. The van der Waals surface area contributed by atoms with Gasteiger partial charge in [-0.05, 0) is 25.5 Å². The number of carbonyl (C=O) groups is 2. The number of aliphatic carboxylic acids is 1. The van der Waals surface area contributed by atoms with Crippen molar-refractivity contribution in [3.8, 4) is 0 Å². The van der Waals surface area contributed by atoms with Gasteiger partial charge in [0, 0.05) is 24.5 Å². The monoisotopic (exact) mass is 366 g/mol. The number of nitrogens with zero attached hydrogens (tertiary/aromatic N) is 2. The summed E-state index contributed by atoms with van der Waals surface area (Å²) in [6, 6.07) is 3.45. The first-order valence-corrected chi connectivity index (χ1v) is 8.76. The topological polar surface area (TPSA) is 81.1 Å². The van der Waals surface area contributed by atoms with Crippen LogP contribution in [0.2, 0.25) is 0 Å². The van der Waals surface area contributed by atoms with Crippen LogP contribution in [0.5, 0.6) is 0 Å². The van der Waals surface area contributed by atoms with Gasteiger partial charge in [-0.2, -0.15) is 0 Å². The Bertz CT molecular complexity index is 766. The number of thiophene rings is 1. The van der Waals surface area contributed by atoms with Crippen molar-refractivity contribution in [1.82, 2.24) is 9.80 Å². The third kappa shape index (κ3) is 2.45. The fourth-order valence-electron chi connectivity index (χ4n) is 3.33. The third-order valence-corrected chi connectivity index (χ3v) is 6.32. The quantitative estimate of drug-likeness (QED) is 0.619. The second-order valence-electron chi connectivity index (χ2n) is 6.24. The molecule has 0 bridgehead atoms. The van der Waals surface area contributed by atoms with Gasteiger partial charge in [0.05, 0.1) is 22.9 Å². The molecule has 2 N–H and O–H groups in total. The number of hydrogen-bond acceptors (Lipinski definition) is 5. The number of rotatable bonds is 4. The summed E-state index contributed by atoms with van der Waals surface area (Å²) >= 11 is 6.78. The standard InChI is InChI=1S/C16H18N2O4S2/c1-7(19)12-9-6-8(13(16(21)22)18(9)14(12)20)10-4-5-11(24-10)15(23)17(2)3/h4-5,7,9,12,19H,6H2,1-3H3,(H,21,22)/t7-,9-,12-/m1/s1. The van der Waals surface area contributed by atoms with E-state index >= 15 is 0 Å². The fraction of sp³-hybridized carbons (Fsp3) is 0.438. The van der Waals surface area contributed by atoms with E-state index in [0.29, 0.717) is 17.0 Å². The van der Waals surface area contributed by atoms with E-state index in [1.165, 1.54) is 16.2 Å². The summed E-state index contributed by atoms with van der Waals surface area (Å²) in [6.45, 7) is 1.57. The summed E-state index contributed by atoms with van der Waals surface area (Å²) in [5.41, 5.74) is 0.674. The minimum Gasteiger partial charge on any atom is -0.477 e. The number of aliphatic hydroxyl groups is 1. The molecule has 1 aromatic heterocycles. The summed E-state index contributed by atoms with van der Waals surface area (Å²) in [7, 11) is 3.72. The van der Waals surface area contributed by atoms with E-state index in [2.05, 4.69) is 0 Å². The Kier molecular flexibility index (Phi) is 4.23. The van der Waals surface area contributed by atoms with Gasteiger partial charge in [-0.25, -0.2) is 4.79 Å². The lowest BCUT2D eigenvalue weighted by Crippen LogP contribution is -2.61. The molecule has 0 radical (unpaired) electrons. The van der Waals surface area contributed by atoms with Crippen LogP contribution in [0.3, 0.4) is 0 Å². The molecule has 3 rings (SSSR count). The van der Waals surface area contributed by atoms with E-state index in [1.807, 2.05) is 31.1 Å². The highest BCUT2D eigenvalue weighted by atomic mass is 32.1. The maximum atomic E-state index is 12.2. The Balaban J connectivity index is 1.97. The van der Waals surface area contributed by atoms with Gasteiger partial charge in [0.1, 0.15) is 10.7 Å². The first-order chi connectivity index (χ1) is 11.2. The second kappa shape index (κ2) is 5.94. The normalized spacial score (nSPS) is 23.8. The Labute approximate surface area is 149 Å². The molecule has 8 heteroatoms. The molecule has 1 saturated heterocycles. The van der Waals surface area contributed by atoms with Gasteiger partial charge in [0.2, 0.25) is 5.91 Å². The summed E-state index contributed by atoms with van der Waals surface area (Å²) in [4.78, 5) is 29.4. The molecule has 1 amide bonds. The summed E-state index contributed by atoms with van der Waals surface area (Å²) in [5.74, 6) is -1.96. The van der Waals surface area contributed by atoms with Crippen molar-refractivity contribution in [2.24, 2.45) is 5.92 Å². The highest BCUT2D eigenvalue weighted by molar-refractivity contribution is 7.81. The van der Waals surface area contributed by atoms with Crippen LogP contribution in [0.25, 0.3) is 5.57 Å². The Hall–Kier alpha value is -1.77. The highest BCUT2D eigenvalue weighted by Crippen LogP contribution is 2.48. The number of β-lactam (4-membered cyclic amide) rings is 1. The van der Waals surface area contributed by atoms with Crippen LogP contribution in [0.1, 0.15) is 23.1 Å². The molecule has 2 aliphatic heterocycles. The molecule has 128 valence electrons. The van der Waals surface area contributed by atoms with Crippen molar-refractivity contribution < 1.29 is 19.8 Å². The Morgan fingerprint density at radius 2 is 2.12 bits per heavy atom. The van der Waals surface area contributed by atoms with E-state index in [9.17, 15) is 19.8 Å². The largest absolute Gasteiger partial charge is 0.477 e. The zero-order valence-electron chi connectivity index (χ0n) is 13.5. The minimum absolute atomic E-state index is 0.0334. The predicted molar refractivity (Wildman–Crippen MR) is 94.7 cm³/mol. The zero-order valence-corrected chi connectivity index (χ0v) is 15.1. The number of amides is 1. The molecule has 0 aliphatic carbocycles. The van der Waals surface area contributed by atoms with Gasteiger partial charge < -0.3 is 20.0 Å². The van der Waals surface area contributed by atoms with E-state index in [0.717, 1.165) is 9.75 Å². The molecular formula is C16H18N2O4S2. The maximum Gasteiger partial charge on any atom is 0.352 e. The second-order valence-corrected chi connectivity index (χ2v) is 7.71. The maximum absolute atomic E-state index is 12.2. The van der Waals surface area contributed by atoms with Crippen LogP contribution >= 0.6 is 23.6 Å². The van der Waals surface area contributed by atoms with Gasteiger partial charge in [-0.15, -0.1) is 11.3 Å². The zero-order chi connectivity index (χ0) is 17.8. The van der Waals surface area contributed by atoms with Crippen LogP contribution in [0.4, 0.5) is 0 Å². The SMILES string of the molecule is C[C@@H](O)[C@H]1C(=O)N2C(C(=O)O)=C(c3ccc(C(=S)N(C)C)s3)C[C@H]12. The minimum atomic E-state index is -1.12. The number of carboxylic acids is 1. The van der Waals surface area contributed by atoms with Crippen LogP contribution in [0, 0.1) is 5.92 Å². The Morgan fingerprint density at radius 3 is 2.67 bits per heavy atom. The number of carbonyl (C=O) groups excluding carboxylic acids is 1. The molecule has 0 saturated carbocycles. The van der Waals surface area contributed by atoms with Crippen LogP contribution < -0.4 is 0 Å². The molecule has 0 unspecified atom stereocenters. The lowest BCUT2D eigenvalue weighted by Gasteiger charge is -2.44. The van der Waals surface area contributed by atoms with E-state index in [1.54, 1.807) is 6.92 Å². The Morgan fingerprint density at radius 1 is 1.46 bits per heavy atom. The van der Waals surface area contributed by atoms with Crippen molar-refractivity contribution in [1.29, 1.82) is 0 Å². The molecule has 1 fully saturated rings. The van der Waals surface area contributed by atoms with Crippen molar-refractivity contribution in [3.63, 3.8) is 0 Å². The van der Waals surface area contributed by atoms with Crippen molar-refractivity contribution in [2.75, 3.05) is 14.1 Å². The lowest BCUT2D eigenvalue weighted by atomic mass is 9.83. The molecule has 24 heavy (non-hydrogen) atoms. The lowest BCUT2D eigenvalue weighted by molar-refractivity contribution is -0.161. The van der Waals surface area contributed by atoms with E-state index < -0.39 is 18.0 Å². The summed E-state index contributed by atoms with van der Waals surface area (Å²) in [5, 5.41) is 19.3. The predicted octanol–water partition coefficient (Wildman–Crippen LogP) is 1.39. The molecule has 1 aromatic rings. The van der Waals surface area contributed by atoms with Crippen LogP contribution in [-0.2, 0) is 9.59 Å². The smallest absolute Gasteiger partial charge is 0.352 e. The molecule has 0 spiro atoms. The van der Waals surface area contributed by atoms with Gasteiger partial charge in [-0.1, -0.05) is 12.2 Å². The molecule has 2 aliphatic rings. The van der Waals surface area contributed by atoms with E-state index in [-0.39, 0.29) is 17.6 Å². The van der Waals surface area contributed by atoms with E-state index in [4.69, 9.17) is 12.2 Å². The van der Waals surface area contributed by atoms with Gasteiger partial charge in [0.25, 0.3) is 0 Å². The highest BCUT2D eigenvalue weighted by Gasteiger charge is 2.56. The van der Waals surface area contributed by atoms with Gasteiger partial charge in [0.15, 0.2) is 0 Å². The van der Waals surface area contributed by atoms with Crippen LogP contribution in [-0.4, -0.2) is 63.1 Å². The van der Waals surface area contributed by atoms with Crippen LogP contribution in [0.15, 0.2) is 17.8 Å². The number of fused-ring (bicyclic) bond motifs is 1. The summed E-state index contributed by atoms with van der Waals surface area (Å²) in [6.07, 6.45) is -0.342.